The molecule has 4 aromatic rings. The Morgan fingerprint density at radius 1 is 1.12 bits per heavy atom. The first-order chi connectivity index (χ1) is 16.1. The zero-order valence-electron chi connectivity index (χ0n) is 17.7. The molecule has 0 saturated carbocycles. The summed E-state index contributed by atoms with van der Waals surface area (Å²) in [4.78, 5) is 15.4. The lowest BCUT2D eigenvalue weighted by atomic mass is 10.0. The molecule has 4 heterocycles. The summed E-state index contributed by atoms with van der Waals surface area (Å²) in [5.74, 6) is -0.562. The van der Waals surface area contributed by atoms with Crippen molar-refractivity contribution in [3.8, 4) is 22.6 Å². The van der Waals surface area contributed by atoms with Gasteiger partial charge in [0.05, 0.1) is 25.0 Å². The van der Waals surface area contributed by atoms with Gasteiger partial charge in [-0.25, -0.2) is 23.7 Å². The summed E-state index contributed by atoms with van der Waals surface area (Å²) in [7, 11) is 0. The maximum absolute atomic E-state index is 15.3. The zero-order valence-corrected chi connectivity index (χ0v) is 17.7. The number of pyridine rings is 1. The van der Waals surface area contributed by atoms with E-state index in [1.165, 1.54) is 12.3 Å². The molecule has 2 aliphatic rings. The third-order valence-corrected chi connectivity index (χ3v) is 6.32. The quantitative estimate of drug-likeness (QED) is 0.495. The molecule has 6 rings (SSSR count). The van der Waals surface area contributed by atoms with Crippen molar-refractivity contribution in [2.75, 3.05) is 31.2 Å². The van der Waals surface area contributed by atoms with Crippen molar-refractivity contribution >= 4 is 16.9 Å². The third-order valence-electron chi connectivity index (χ3n) is 6.32. The van der Waals surface area contributed by atoms with Gasteiger partial charge in [0.1, 0.15) is 34.2 Å². The van der Waals surface area contributed by atoms with Crippen LogP contribution in [0.2, 0.25) is 0 Å². The van der Waals surface area contributed by atoms with Gasteiger partial charge in [-0.3, -0.25) is 5.10 Å². The number of nitrogens with two attached hydrogens (primary N) is 1. The van der Waals surface area contributed by atoms with E-state index in [2.05, 4.69) is 30.0 Å². The minimum atomic E-state index is -0.693. The molecule has 3 aromatic heterocycles. The van der Waals surface area contributed by atoms with Gasteiger partial charge < -0.3 is 15.4 Å². The van der Waals surface area contributed by atoms with Crippen molar-refractivity contribution in [1.82, 2.24) is 25.1 Å². The van der Waals surface area contributed by atoms with E-state index < -0.39 is 17.7 Å². The average Bonchev–Trinajstić information content (AvgIpc) is 3.43. The summed E-state index contributed by atoms with van der Waals surface area (Å²) < 4.78 is 35.6. The molecule has 0 spiro atoms. The number of benzene rings is 1. The van der Waals surface area contributed by atoms with E-state index in [4.69, 9.17) is 10.5 Å². The van der Waals surface area contributed by atoms with Gasteiger partial charge >= 0.3 is 0 Å². The van der Waals surface area contributed by atoms with Gasteiger partial charge in [-0.15, -0.1) is 0 Å². The van der Waals surface area contributed by atoms with Gasteiger partial charge in [-0.1, -0.05) is 0 Å². The first-order valence-electron chi connectivity index (χ1n) is 10.9. The van der Waals surface area contributed by atoms with Gasteiger partial charge in [0.15, 0.2) is 5.82 Å². The number of nitrogens with zero attached hydrogens (tertiary/aromatic N) is 5. The van der Waals surface area contributed by atoms with E-state index in [-0.39, 0.29) is 11.4 Å². The Morgan fingerprint density at radius 2 is 1.97 bits per heavy atom. The molecule has 1 unspecified atom stereocenters. The Kier molecular flexibility index (Phi) is 4.77. The maximum atomic E-state index is 15.3. The van der Waals surface area contributed by atoms with E-state index >= 15 is 4.39 Å². The molecular formula is C23H21F2N7O. The zero-order chi connectivity index (χ0) is 22.5. The average molecular weight is 449 g/mol. The Hall–Kier alpha value is -3.50. The van der Waals surface area contributed by atoms with Crippen molar-refractivity contribution in [2.45, 2.75) is 18.9 Å². The number of H-pyrrole nitrogens is 1. The number of aromatic amines is 1. The second kappa shape index (κ2) is 7.82. The summed E-state index contributed by atoms with van der Waals surface area (Å²) in [6.07, 6.45) is 4.35. The third kappa shape index (κ3) is 3.33. The number of halogens is 2. The molecule has 0 amide bonds. The van der Waals surface area contributed by atoms with Crippen molar-refractivity contribution < 1.29 is 13.5 Å². The monoisotopic (exact) mass is 449 g/mol. The highest BCUT2D eigenvalue weighted by molar-refractivity contribution is 5.90. The highest BCUT2D eigenvalue weighted by atomic mass is 19.1. The number of anilines is 1. The van der Waals surface area contributed by atoms with Gasteiger partial charge in [0, 0.05) is 36.5 Å². The minimum absolute atomic E-state index is 0.0417. The molecule has 33 heavy (non-hydrogen) atoms. The fourth-order valence-electron chi connectivity index (χ4n) is 4.59. The summed E-state index contributed by atoms with van der Waals surface area (Å²) in [5.41, 5.74) is 9.04. The second-order valence-corrected chi connectivity index (χ2v) is 8.30. The lowest BCUT2D eigenvalue weighted by Gasteiger charge is -2.27. The molecule has 1 atom stereocenters. The van der Waals surface area contributed by atoms with Crippen LogP contribution in [0.4, 0.5) is 14.6 Å². The van der Waals surface area contributed by atoms with Gasteiger partial charge in [0.2, 0.25) is 0 Å². The fraction of sp³-hybridized carbons (Fsp3) is 0.304. The molecule has 3 N–H and O–H groups in total. The van der Waals surface area contributed by atoms with Crippen molar-refractivity contribution in [2.24, 2.45) is 5.73 Å². The molecule has 1 aromatic carbocycles. The number of aromatic nitrogens is 5. The lowest BCUT2D eigenvalue weighted by Crippen LogP contribution is -2.36. The Balaban J connectivity index is 1.40. The van der Waals surface area contributed by atoms with E-state index in [1.54, 1.807) is 6.20 Å². The first-order valence-corrected chi connectivity index (χ1v) is 10.9. The van der Waals surface area contributed by atoms with E-state index in [1.807, 2.05) is 12.1 Å². The first kappa shape index (κ1) is 20.1. The normalized spacial score (nSPS) is 18.2. The summed E-state index contributed by atoms with van der Waals surface area (Å²) in [6, 6.07) is 4.72. The number of hydrogen-bond donors (Lipinski definition) is 2. The van der Waals surface area contributed by atoms with Crippen molar-refractivity contribution in [3.63, 3.8) is 0 Å². The molecule has 0 bridgehead atoms. The van der Waals surface area contributed by atoms with Gasteiger partial charge in [0.25, 0.3) is 0 Å². The minimum Gasteiger partial charge on any atom is -0.378 e. The van der Waals surface area contributed by atoms with Crippen LogP contribution in [-0.4, -0.2) is 51.5 Å². The number of morpholine rings is 1. The fourth-order valence-corrected chi connectivity index (χ4v) is 4.59. The largest absolute Gasteiger partial charge is 0.378 e. The molecule has 1 aliphatic heterocycles. The Morgan fingerprint density at radius 3 is 2.76 bits per heavy atom. The number of rotatable bonds is 3. The standard InChI is InChI=1S/C23H21F2N7O/c24-14-9-12-1-3-15(26)18(12)20(25)19(14)23-28-11-16-22(29-23)21(31-30-16)13-2-4-17(27-10-13)32-5-7-33-8-6-32/h2,4,9-11,15H,1,3,5-8,26H2,(H,30,31). The Labute approximate surface area is 187 Å². The number of aryl methyl sites for hydroxylation is 1. The predicted molar refractivity (Wildman–Crippen MR) is 119 cm³/mol. The number of ether oxygens (including phenoxy) is 1. The number of hydrogen-bond acceptors (Lipinski definition) is 7. The molecule has 0 radical (unpaired) electrons. The SMILES string of the molecule is NC1CCc2cc(F)c(-c3ncc4[nH]nc(-c5ccc(N6CCOCC6)nc5)c4n3)c(F)c21. The number of fused-ring (bicyclic) bond motifs is 2. The van der Waals surface area contributed by atoms with Crippen LogP contribution in [0.25, 0.3) is 33.7 Å². The molecule has 1 saturated heterocycles. The molecule has 10 heteroatoms. The molecular weight excluding hydrogens is 428 g/mol. The highest BCUT2D eigenvalue weighted by Gasteiger charge is 2.29. The predicted octanol–water partition coefficient (Wildman–Crippen LogP) is 3.14. The highest BCUT2D eigenvalue weighted by Crippen LogP contribution is 2.38. The van der Waals surface area contributed by atoms with Crippen LogP contribution in [0.3, 0.4) is 0 Å². The summed E-state index contributed by atoms with van der Waals surface area (Å²) >= 11 is 0. The Bertz CT molecular complexity index is 1350. The second-order valence-electron chi connectivity index (χ2n) is 8.30. The van der Waals surface area contributed by atoms with E-state index in [0.717, 1.165) is 24.5 Å². The topological polar surface area (TPSA) is 106 Å². The van der Waals surface area contributed by atoms with Crippen LogP contribution in [0.15, 0.2) is 30.6 Å². The number of nitrogens with one attached hydrogen (secondary N) is 1. The molecule has 1 aliphatic carbocycles. The lowest BCUT2D eigenvalue weighted by molar-refractivity contribution is 0.122. The van der Waals surface area contributed by atoms with Crippen LogP contribution >= 0.6 is 0 Å². The smallest absolute Gasteiger partial charge is 0.165 e. The van der Waals surface area contributed by atoms with E-state index in [9.17, 15) is 4.39 Å². The van der Waals surface area contributed by atoms with Crippen LogP contribution in [0, 0.1) is 11.6 Å². The molecule has 168 valence electrons. The van der Waals surface area contributed by atoms with Crippen LogP contribution in [0.5, 0.6) is 0 Å². The molecule has 8 nitrogen and oxygen atoms in total. The summed E-state index contributed by atoms with van der Waals surface area (Å²) in [5, 5.41) is 7.23. The summed E-state index contributed by atoms with van der Waals surface area (Å²) in [6.45, 7) is 2.92. The molecule has 1 fully saturated rings. The van der Waals surface area contributed by atoms with Crippen LogP contribution in [-0.2, 0) is 11.2 Å². The van der Waals surface area contributed by atoms with Gasteiger partial charge in [-0.05, 0) is 36.6 Å². The van der Waals surface area contributed by atoms with Crippen LogP contribution < -0.4 is 10.6 Å². The van der Waals surface area contributed by atoms with E-state index in [0.29, 0.717) is 53.9 Å². The van der Waals surface area contributed by atoms with Gasteiger partial charge in [-0.2, -0.15) is 5.10 Å². The van der Waals surface area contributed by atoms with Crippen molar-refractivity contribution in [1.29, 1.82) is 0 Å². The van der Waals surface area contributed by atoms with Crippen LogP contribution in [0.1, 0.15) is 23.6 Å². The maximum Gasteiger partial charge on any atom is 0.165 e. The van der Waals surface area contributed by atoms with Crippen molar-refractivity contribution in [3.05, 3.63) is 53.4 Å².